The van der Waals surface area contributed by atoms with Gasteiger partial charge in [-0.2, -0.15) is 0 Å². The highest BCUT2D eigenvalue weighted by Gasteiger charge is 2.08. The maximum Gasteiger partial charge on any atom is 0.335 e. The number of nitrogens with one attached hydrogen (secondary N) is 1. The predicted octanol–water partition coefficient (Wildman–Crippen LogP) is 3.60. The molecule has 0 spiro atoms. The molecular formula is C16H19N3O2. The van der Waals surface area contributed by atoms with Gasteiger partial charge in [0.25, 0.3) is 0 Å². The summed E-state index contributed by atoms with van der Waals surface area (Å²) >= 11 is 0. The number of anilines is 2. The van der Waals surface area contributed by atoms with Crippen LogP contribution < -0.4 is 5.32 Å². The van der Waals surface area contributed by atoms with Gasteiger partial charge in [-0.05, 0) is 30.7 Å². The van der Waals surface area contributed by atoms with Crippen molar-refractivity contribution >= 4 is 17.5 Å². The van der Waals surface area contributed by atoms with Crippen LogP contribution in [-0.4, -0.2) is 21.0 Å². The Morgan fingerprint density at radius 3 is 2.43 bits per heavy atom. The molecule has 0 saturated carbocycles. The van der Waals surface area contributed by atoms with E-state index in [0.29, 0.717) is 0 Å². The van der Waals surface area contributed by atoms with Gasteiger partial charge in [-0.15, -0.1) is 0 Å². The summed E-state index contributed by atoms with van der Waals surface area (Å²) in [4.78, 5) is 19.8. The van der Waals surface area contributed by atoms with Gasteiger partial charge in [-0.3, -0.25) is 0 Å². The molecule has 0 radical (unpaired) electrons. The molecule has 1 heterocycles. The van der Waals surface area contributed by atoms with E-state index in [1.165, 1.54) is 0 Å². The van der Waals surface area contributed by atoms with Crippen LogP contribution >= 0.6 is 0 Å². The molecule has 2 N–H and O–H groups in total. The number of aromatic carboxylic acids is 1. The number of benzene rings is 1. The van der Waals surface area contributed by atoms with Crippen LogP contribution in [0.5, 0.6) is 0 Å². The van der Waals surface area contributed by atoms with Crippen molar-refractivity contribution in [3.63, 3.8) is 0 Å². The number of hydrogen-bond acceptors (Lipinski definition) is 4. The van der Waals surface area contributed by atoms with Gasteiger partial charge in [0.05, 0.1) is 5.56 Å². The summed E-state index contributed by atoms with van der Waals surface area (Å²) in [5, 5.41) is 12.1. The summed E-state index contributed by atoms with van der Waals surface area (Å²) < 4.78 is 0. The molecule has 5 nitrogen and oxygen atoms in total. The van der Waals surface area contributed by atoms with E-state index in [4.69, 9.17) is 5.11 Å². The second-order valence-corrected chi connectivity index (χ2v) is 5.12. The van der Waals surface area contributed by atoms with E-state index >= 15 is 0 Å². The Morgan fingerprint density at radius 2 is 1.90 bits per heavy atom. The van der Waals surface area contributed by atoms with E-state index in [2.05, 4.69) is 36.1 Å². The minimum atomic E-state index is -0.932. The van der Waals surface area contributed by atoms with Crippen LogP contribution in [0.4, 0.5) is 11.5 Å². The lowest BCUT2D eigenvalue weighted by Gasteiger charge is -2.11. The Morgan fingerprint density at radius 1 is 1.24 bits per heavy atom. The average Bonchev–Trinajstić information content (AvgIpc) is 2.47. The molecule has 0 amide bonds. The maximum absolute atomic E-state index is 10.8. The van der Waals surface area contributed by atoms with Crippen molar-refractivity contribution in [2.45, 2.75) is 33.1 Å². The fourth-order valence-corrected chi connectivity index (χ4v) is 1.87. The first kappa shape index (κ1) is 15.0. The molecule has 0 aliphatic carbocycles. The molecule has 5 heteroatoms. The molecule has 0 saturated heterocycles. The van der Waals surface area contributed by atoms with Crippen molar-refractivity contribution in [3.05, 3.63) is 47.4 Å². The van der Waals surface area contributed by atoms with E-state index in [0.717, 1.165) is 29.4 Å². The third-order valence-corrected chi connectivity index (χ3v) is 3.08. The normalized spacial score (nSPS) is 10.7. The quantitative estimate of drug-likeness (QED) is 0.877. The molecule has 0 atom stereocenters. The molecule has 2 aromatic rings. The first-order chi connectivity index (χ1) is 9.99. The summed E-state index contributed by atoms with van der Waals surface area (Å²) in [5.41, 5.74) is 2.05. The Hall–Kier alpha value is -2.43. The Bertz CT molecular complexity index is 636. The first-order valence-corrected chi connectivity index (χ1v) is 6.97. The standard InChI is InChI=1S/C16H19N3O2/c1-4-12-9-14(19-15(18-12)10(2)3)17-13-7-5-11(6-8-13)16(20)21/h5-10H,4H2,1-3H3,(H,20,21)(H,17,18,19). The zero-order valence-corrected chi connectivity index (χ0v) is 12.4. The van der Waals surface area contributed by atoms with Crippen LogP contribution in [0.2, 0.25) is 0 Å². The molecule has 110 valence electrons. The highest BCUT2D eigenvalue weighted by Crippen LogP contribution is 2.19. The molecule has 1 aromatic carbocycles. The number of carbonyl (C=O) groups is 1. The Labute approximate surface area is 124 Å². The minimum absolute atomic E-state index is 0.256. The minimum Gasteiger partial charge on any atom is -0.478 e. The van der Waals surface area contributed by atoms with Crippen molar-refractivity contribution in [2.75, 3.05) is 5.32 Å². The number of nitrogens with zero attached hydrogens (tertiary/aromatic N) is 2. The number of carboxylic acid groups (broad SMARTS) is 1. The van der Waals surface area contributed by atoms with E-state index in [1.807, 2.05) is 6.07 Å². The molecule has 0 aliphatic rings. The highest BCUT2D eigenvalue weighted by molar-refractivity contribution is 5.88. The van der Waals surface area contributed by atoms with Gasteiger partial charge < -0.3 is 10.4 Å². The number of rotatable bonds is 5. The summed E-state index contributed by atoms with van der Waals surface area (Å²) in [7, 11) is 0. The zero-order chi connectivity index (χ0) is 15.4. The van der Waals surface area contributed by atoms with Gasteiger partial charge in [0.15, 0.2) is 0 Å². The average molecular weight is 285 g/mol. The van der Waals surface area contributed by atoms with E-state index < -0.39 is 5.97 Å². The van der Waals surface area contributed by atoms with Crippen molar-refractivity contribution in [1.82, 2.24) is 9.97 Å². The van der Waals surface area contributed by atoms with Crippen LogP contribution in [0.25, 0.3) is 0 Å². The smallest absolute Gasteiger partial charge is 0.335 e. The summed E-state index contributed by atoms with van der Waals surface area (Å²) in [6.45, 7) is 6.16. The van der Waals surface area contributed by atoms with Gasteiger partial charge in [0, 0.05) is 23.4 Å². The monoisotopic (exact) mass is 285 g/mol. The van der Waals surface area contributed by atoms with E-state index in [1.54, 1.807) is 24.3 Å². The van der Waals surface area contributed by atoms with Crippen molar-refractivity contribution in [3.8, 4) is 0 Å². The molecule has 0 fully saturated rings. The van der Waals surface area contributed by atoms with Gasteiger partial charge >= 0.3 is 5.97 Å². The molecule has 0 unspecified atom stereocenters. The van der Waals surface area contributed by atoms with Crippen LogP contribution in [0, 0.1) is 0 Å². The number of carboxylic acids is 1. The molecule has 1 aromatic heterocycles. The SMILES string of the molecule is CCc1cc(Nc2ccc(C(=O)O)cc2)nc(C(C)C)n1. The Balaban J connectivity index is 2.25. The topological polar surface area (TPSA) is 75.1 Å². The third-order valence-electron chi connectivity index (χ3n) is 3.08. The van der Waals surface area contributed by atoms with E-state index in [9.17, 15) is 4.79 Å². The van der Waals surface area contributed by atoms with Gasteiger partial charge in [-0.1, -0.05) is 20.8 Å². The lowest BCUT2D eigenvalue weighted by molar-refractivity contribution is 0.0697. The van der Waals surface area contributed by atoms with E-state index in [-0.39, 0.29) is 11.5 Å². The number of aromatic nitrogens is 2. The maximum atomic E-state index is 10.8. The van der Waals surface area contributed by atoms with Crippen molar-refractivity contribution in [2.24, 2.45) is 0 Å². The van der Waals surface area contributed by atoms with Crippen molar-refractivity contribution < 1.29 is 9.90 Å². The number of aryl methyl sites for hydroxylation is 1. The molecular weight excluding hydrogens is 266 g/mol. The van der Waals surface area contributed by atoms with Crippen molar-refractivity contribution in [1.29, 1.82) is 0 Å². The summed E-state index contributed by atoms with van der Waals surface area (Å²) in [6, 6.07) is 8.50. The zero-order valence-electron chi connectivity index (χ0n) is 12.4. The van der Waals surface area contributed by atoms with Gasteiger partial charge in [0.2, 0.25) is 0 Å². The molecule has 0 aliphatic heterocycles. The van der Waals surface area contributed by atoms with Crippen LogP contribution in [0.15, 0.2) is 30.3 Å². The highest BCUT2D eigenvalue weighted by atomic mass is 16.4. The molecule has 0 bridgehead atoms. The lowest BCUT2D eigenvalue weighted by atomic mass is 10.2. The summed E-state index contributed by atoms with van der Waals surface area (Å²) in [6.07, 6.45) is 0.842. The fourth-order valence-electron chi connectivity index (χ4n) is 1.87. The lowest BCUT2D eigenvalue weighted by Crippen LogP contribution is -2.05. The molecule has 2 rings (SSSR count). The first-order valence-electron chi connectivity index (χ1n) is 6.97. The number of hydrogen-bond donors (Lipinski definition) is 2. The van der Waals surface area contributed by atoms with Crippen LogP contribution in [-0.2, 0) is 6.42 Å². The molecule has 21 heavy (non-hydrogen) atoms. The second kappa shape index (κ2) is 6.35. The van der Waals surface area contributed by atoms with Crippen LogP contribution in [0.1, 0.15) is 48.6 Å². The fraction of sp³-hybridized carbons (Fsp3) is 0.312. The largest absolute Gasteiger partial charge is 0.478 e. The van der Waals surface area contributed by atoms with Gasteiger partial charge in [0.1, 0.15) is 11.6 Å². The van der Waals surface area contributed by atoms with Crippen LogP contribution in [0.3, 0.4) is 0 Å². The van der Waals surface area contributed by atoms with Gasteiger partial charge in [-0.25, -0.2) is 14.8 Å². The predicted molar refractivity (Wildman–Crippen MR) is 82.2 cm³/mol. The third kappa shape index (κ3) is 3.78. The Kier molecular flexibility index (Phi) is 4.52. The second-order valence-electron chi connectivity index (χ2n) is 5.12. The summed E-state index contributed by atoms with van der Waals surface area (Å²) in [5.74, 6) is 0.859.